The van der Waals surface area contributed by atoms with Crippen LogP contribution in [0.15, 0.2) is 18.2 Å². The molecule has 176 valence electrons. The second kappa shape index (κ2) is 7.42. The lowest BCUT2D eigenvalue weighted by atomic mass is 9.40. The molecule has 3 fully saturated rings. The van der Waals surface area contributed by atoms with Crippen LogP contribution in [0.5, 0.6) is 17.6 Å². The lowest BCUT2D eigenvalue weighted by molar-refractivity contribution is -0.0665. The summed E-state index contributed by atoms with van der Waals surface area (Å²) in [6.07, 6.45) is 4.84. The molecule has 1 aliphatic heterocycles. The zero-order valence-electron chi connectivity index (χ0n) is 19.4. The first-order chi connectivity index (χ1) is 16.8. The molecule has 0 amide bonds. The lowest BCUT2D eigenvalue weighted by Crippen LogP contribution is -2.70. The van der Waals surface area contributed by atoms with E-state index in [0.717, 1.165) is 36.0 Å². The van der Waals surface area contributed by atoms with Crippen molar-refractivity contribution in [3.63, 3.8) is 0 Å². The van der Waals surface area contributed by atoms with Crippen LogP contribution in [0.25, 0.3) is 17.2 Å². The minimum atomic E-state index is -0.678. The highest BCUT2D eigenvalue weighted by Gasteiger charge is 2.69. The normalized spacial score (nSPS) is 26.1. The van der Waals surface area contributed by atoms with Gasteiger partial charge in [-0.1, -0.05) is 0 Å². The smallest absolute Gasteiger partial charge is 0.299 e. The van der Waals surface area contributed by atoms with Crippen LogP contribution in [0.1, 0.15) is 36.0 Å². The molecule has 3 heterocycles. The minimum Gasteiger partial charge on any atom is -0.462 e. The van der Waals surface area contributed by atoms with E-state index in [4.69, 9.17) is 19.7 Å². The number of rotatable bonds is 5. The lowest BCUT2D eigenvalue weighted by Gasteiger charge is -2.66. The molecule has 0 spiro atoms. The summed E-state index contributed by atoms with van der Waals surface area (Å²) in [5.74, 6) is 1.34. The molecule has 7 rings (SSSR count). The molecule has 2 aromatic heterocycles. The van der Waals surface area contributed by atoms with Crippen molar-refractivity contribution < 1.29 is 14.6 Å². The van der Waals surface area contributed by atoms with Crippen LogP contribution in [0.4, 0.5) is 5.95 Å². The zero-order valence-corrected chi connectivity index (χ0v) is 19.4. The summed E-state index contributed by atoms with van der Waals surface area (Å²) < 4.78 is 13.8. The molecule has 4 aliphatic rings. The van der Waals surface area contributed by atoms with Crippen LogP contribution in [-0.2, 0) is 6.54 Å². The Labute approximate surface area is 201 Å². The molecule has 1 atom stereocenters. The average Bonchev–Trinajstić information content (AvgIpc) is 3.13. The van der Waals surface area contributed by atoms with Crippen molar-refractivity contribution >= 4 is 23.2 Å². The number of nitrogens with zero attached hydrogens (tertiary/aromatic N) is 6. The number of nitriles is 2. The minimum absolute atomic E-state index is 0.159. The number of imidazole rings is 1. The second-order valence-electron chi connectivity index (χ2n) is 9.87. The number of aryl methyl sites for hydroxylation is 2. The molecule has 3 aromatic rings. The van der Waals surface area contributed by atoms with Crippen LogP contribution in [-0.4, -0.2) is 42.9 Å². The third kappa shape index (κ3) is 3.37. The number of benzene rings is 1. The molecule has 2 N–H and O–H groups in total. The molecule has 0 radical (unpaired) electrons. The molecule has 1 aromatic carbocycles. The predicted octanol–water partition coefficient (Wildman–Crippen LogP) is 3.38. The Morgan fingerprint density at radius 3 is 2.63 bits per heavy atom. The van der Waals surface area contributed by atoms with Gasteiger partial charge in [-0.2, -0.15) is 25.5 Å². The monoisotopic (exact) mass is 469 g/mol. The van der Waals surface area contributed by atoms with Crippen molar-refractivity contribution in [1.82, 2.24) is 19.5 Å². The van der Waals surface area contributed by atoms with Gasteiger partial charge < -0.3 is 19.9 Å². The van der Waals surface area contributed by atoms with Gasteiger partial charge in [0.1, 0.15) is 18.5 Å². The van der Waals surface area contributed by atoms with E-state index in [2.05, 4.69) is 21.4 Å². The largest absolute Gasteiger partial charge is 0.462 e. The number of aromatic nitrogens is 4. The molecule has 10 nitrogen and oxygen atoms in total. The molecular formula is C25H23N7O3. The molecule has 10 heteroatoms. The van der Waals surface area contributed by atoms with E-state index >= 15 is 0 Å². The number of allylic oxidation sites excluding steroid dienone is 1. The first-order valence-electron chi connectivity index (χ1n) is 11.5. The zero-order chi connectivity index (χ0) is 24.4. The van der Waals surface area contributed by atoms with E-state index in [0.29, 0.717) is 41.3 Å². The number of anilines is 1. The van der Waals surface area contributed by atoms with Crippen LogP contribution in [0, 0.1) is 41.9 Å². The van der Waals surface area contributed by atoms with E-state index in [1.165, 1.54) is 6.08 Å². The van der Waals surface area contributed by atoms with Gasteiger partial charge >= 0.3 is 0 Å². The Bertz CT molecular complexity index is 1450. The van der Waals surface area contributed by atoms with Gasteiger partial charge in [-0.05, 0) is 68.0 Å². The van der Waals surface area contributed by atoms with Crippen LogP contribution >= 0.6 is 0 Å². The van der Waals surface area contributed by atoms with Gasteiger partial charge in [0.25, 0.3) is 11.9 Å². The van der Waals surface area contributed by atoms with Crippen molar-refractivity contribution in [1.29, 1.82) is 10.5 Å². The van der Waals surface area contributed by atoms with E-state index in [1.54, 1.807) is 10.6 Å². The number of hydrogen-bond acceptors (Lipinski definition) is 9. The fourth-order valence-corrected chi connectivity index (χ4v) is 5.57. The van der Waals surface area contributed by atoms with Crippen molar-refractivity contribution in [2.45, 2.75) is 51.3 Å². The summed E-state index contributed by atoms with van der Waals surface area (Å²) in [6.45, 7) is 4.33. The maximum atomic E-state index is 10.2. The third-order valence-electron chi connectivity index (χ3n) is 7.01. The number of aliphatic hydroxyl groups is 1. The van der Waals surface area contributed by atoms with Gasteiger partial charge in [0, 0.05) is 11.6 Å². The molecule has 2 bridgehead atoms. The maximum Gasteiger partial charge on any atom is 0.299 e. The van der Waals surface area contributed by atoms with E-state index < -0.39 is 6.10 Å². The summed E-state index contributed by atoms with van der Waals surface area (Å²) in [6, 6.07) is 8.66. The number of aliphatic hydroxyl groups excluding tert-OH is 1. The van der Waals surface area contributed by atoms with E-state index in [-0.39, 0.29) is 17.6 Å². The third-order valence-corrected chi connectivity index (χ3v) is 7.01. The van der Waals surface area contributed by atoms with Gasteiger partial charge in [-0.15, -0.1) is 0 Å². The molecule has 3 saturated carbocycles. The molecule has 35 heavy (non-hydrogen) atoms. The second-order valence-corrected chi connectivity index (χ2v) is 9.87. The Morgan fingerprint density at radius 2 is 1.94 bits per heavy atom. The highest BCUT2D eigenvalue weighted by molar-refractivity contribution is 5.80. The molecule has 3 aliphatic carbocycles. The van der Waals surface area contributed by atoms with Gasteiger partial charge in [0.05, 0.1) is 24.1 Å². The molecule has 1 unspecified atom stereocenters. The Balaban J connectivity index is 1.42. The summed E-state index contributed by atoms with van der Waals surface area (Å²) in [5.41, 5.74) is 3.26. The van der Waals surface area contributed by atoms with E-state index in [9.17, 15) is 10.4 Å². The number of fused-ring (bicyclic) bond motifs is 3. The Hall–Kier alpha value is -4.15. The quantitative estimate of drug-likeness (QED) is 0.538. The maximum absolute atomic E-state index is 10.2. The summed E-state index contributed by atoms with van der Waals surface area (Å²) in [7, 11) is 0. The first-order valence-corrected chi connectivity index (χ1v) is 11.5. The highest BCUT2D eigenvalue weighted by Crippen LogP contribution is 2.67. The number of ether oxygens (including phenoxy) is 2. The summed E-state index contributed by atoms with van der Waals surface area (Å²) in [5, 5.41) is 31.8. The van der Waals surface area contributed by atoms with Crippen molar-refractivity contribution in [3.05, 3.63) is 34.9 Å². The fourth-order valence-electron chi connectivity index (χ4n) is 5.57. The SMILES string of the molecule is Cc1cc(/C=C/C#N)cc(C)c1Oc1nc(NC23CC(C#N)(C2)C3)nc2nc3n(c12)CC(O)CO3. The topological polar surface area (TPSA) is 142 Å². The van der Waals surface area contributed by atoms with Crippen molar-refractivity contribution in [2.75, 3.05) is 11.9 Å². The summed E-state index contributed by atoms with van der Waals surface area (Å²) in [4.78, 5) is 13.9. The van der Waals surface area contributed by atoms with Gasteiger partial charge in [-0.3, -0.25) is 4.57 Å². The van der Waals surface area contributed by atoms with Crippen LogP contribution in [0.3, 0.4) is 0 Å². The summed E-state index contributed by atoms with van der Waals surface area (Å²) >= 11 is 0. The van der Waals surface area contributed by atoms with Crippen LogP contribution < -0.4 is 14.8 Å². The Kier molecular flexibility index (Phi) is 4.54. The average molecular weight is 470 g/mol. The van der Waals surface area contributed by atoms with Crippen LogP contribution in [0.2, 0.25) is 0 Å². The first kappa shape index (κ1) is 21.4. The molecule has 0 saturated heterocycles. The fraction of sp³-hybridized carbons (Fsp3) is 0.400. The van der Waals surface area contributed by atoms with Crippen molar-refractivity contribution in [2.24, 2.45) is 5.41 Å². The molecular weight excluding hydrogens is 446 g/mol. The van der Waals surface area contributed by atoms with Gasteiger partial charge in [0.2, 0.25) is 5.95 Å². The standard InChI is InChI=1S/C25H23N7O3/c1-14-6-16(4-3-5-26)7-15(2)19(14)35-21-18-20(29-23-32(18)8-17(33)9-34-23)28-22(30-21)31-25-10-24(11-25,12-25)13-27/h3-4,6-7,17,33H,8-12H2,1-2H3,(H,28,30,31)/b4-3+. The number of nitrogens with one attached hydrogen (secondary N) is 1. The highest BCUT2D eigenvalue weighted by atomic mass is 16.5. The van der Waals surface area contributed by atoms with Gasteiger partial charge in [0.15, 0.2) is 11.2 Å². The van der Waals surface area contributed by atoms with E-state index in [1.807, 2.05) is 32.0 Å². The van der Waals surface area contributed by atoms with Crippen molar-refractivity contribution in [3.8, 4) is 29.8 Å². The Morgan fingerprint density at radius 1 is 1.20 bits per heavy atom. The predicted molar refractivity (Wildman–Crippen MR) is 126 cm³/mol. The van der Waals surface area contributed by atoms with Gasteiger partial charge in [-0.25, -0.2) is 0 Å². The number of hydrogen-bond donors (Lipinski definition) is 2.